The summed E-state index contributed by atoms with van der Waals surface area (Å²) in [6, 6.07) is -0.143. The lowest BCUT2D eigenvalue weighted by molar-refractivity contribution is -0.119. The average Bonchev–Trinajstić information content (AvgIpc) is 2.49. The van der Waals surface area contributed by atoms with Crippen LogP contribution < -0.4 is 11.1 Å². The SMILES string of the molecule is Cc1csc(NC(=O)C(C)C(C)N)n1. The van der Waals surface area contributed by atoms with Crippen LogP contribution in [0.15, 0.2) is 5.38 Å². The molecule has 0 aromatic carbocycles. The van der Waals surface area contributed by atoms with Crippen LogP contribution in [0.5, 0.6) is 0 Å². The lowest BCUT2D eigenvalue weighted by Crippen LogP contribution is -2.34. The highest BCUT2D eigenvalue weighted by Gasteiger charge is 2.17. The Kier molecular flexibility index (Phi) is 3.60. The molecule has 5 heteroatoms. The summed E-state index contributed by atoms with van der Waals surface area (Å²) in [5.74, 6) is -0.270. The van der Waals surface area contributed by atoms with Gasteiger partial charge in [-0.2, -0.15) is 0 Å². The predicted octanol–water partition coefficient (Wildman–Crippen LogP) is 1.37. The molecule has 1 rings (SSSR count). The van der Waals surface area contributed by atoms with Crippen LogP contribution in [0.4, 0.5) is 5.13 Å². The second kappa shape index (κ2) is 4.52. The lowest BCUT2D eigenvalue weighted by Gasteiger charge is -2.13. The summed E-state index contributed by atoms with van der Waals surface area (Å²) in [4.78, 5) is 15.7. The Morgan fingerprint density at radius 1 is 1.64 bits per heavy atom. The van der Waals surface area contributed by atoms with E-state index in [9.17, 15) is 4.79 Å². The number of rotatable bonds is 3. The van der Waals surface area contributed by atoms with Crippen molar-refractivity contribution in [3.05, 3.63) is 11.1 Å². The first kappa shape index (κ1) is 11.1. The lowest BCUT2D eigenvalue weighted by atomic mass is 10.0. The maximum atomic E-state index is 11.5. The van der Waals surface area contributed by atoms with E-state index in [0.29, 0.717) is 5.13 Å². The molecule has 0 saturated carbocycles. The molecule has 1 aromatic heterocycles. The molecule has 0 radical (unpaired) electrons. The molecule has 1 heterocycles. The molecule has 0 saturated heterocycles. The zero-order chi connectivity index (χ0) is 10.7. The van der Waals surface area contributed by atoms with Crippen molar-refractivity contribution >= 4 is 22.4 Å². The summed E-state index contributed by atoms with van der Waals surface area (Å²) >= 11 is 1.42. The number of aromatic nitrogens is 1. The molecule has 78 valence electrons. The molecule has 0 aliphatic rings. The van der Waals surface area contributed by atoms with Gasteiger partial charge >= 0.3 is 0 Å². The van der Waals surface area contributed by atoms with Gasteiger partial charge in [0.25, 0.3) is 0 Å². The molecule has 2 unspecified atom stereocenters. The summed E-state index contributed by atoms with van der Waals surface area (Å²) in [5, 5.41) is 5.27. The van der Waals surface area contributed by atoms with Crippen LogP contribution in [0, 0.1) is 12.8 Å². The van der Waals surface area contributed by atoms with Crippen LogP contribution in [-0.2, 0) is 4.79 Å². The number of hydrogen-bond donors (Lipinski definition) is 2. The van der Waals surface area contributed by atoms with Crippen molar-refractivity contribution in [2.45, 2.75) is 26.8 Å². The molecule has 3 N–H and O–H groups in total. The molecule has 0 fully saturated rings. The number of carbonyl (C=O) groups is 1. The van der Waals surface area contributed by atoms with Crippen LogP contribution >= 0.6 is 11.3 Å². The molecular formula is C9H15N3OS. The largest absolute Gasteiger partial charge is 0.327 e. The number of hydrogen-bond acceptors (Lipinski definition) is 4. The fraction of sp³-hybridized carbons (Fsp3) is 0.556. The summed E-state index contributed by atoms with van der Waals surface area (Å²) < 4.78 is 0. The molecule has 1 amide bonds. The topological polar surface area (TPSA) is 68.0 Å². The minimum Gasteiger partial charge on any atom is -0.327 e. The monoisotopic (exact) mass is 213 g/mol. The Morgan fingerprint density at radius 3 is 2.71 bits per heavy atom. The van der Waals surface area contributed by atoms with Gasteiger partial charge in [0.2, 0.25) is 5.91 Å². The Labute approximate surface area is 87.5 Å². The van der Waals surface area contributed by atoms with Gasteiger partial charge < -0.3 is 11.1 Å². The Hall–Kier alpha value is -0.940. The fourth-order valence-electron chi connectivity index (χ4n) is 0.869. The van der Waals surface area contributed by atoms with E-state index in [4.69, 9.17) is 5.73 Å². The normalized spacial score (nSPS) is 14.9. The first-order valence-electron chi connectivity index (χ1n) is 4.49. The third-order valence-electron chi connectivity index (χ3n) is 2.05. The van der Waals surface area contributed by atoms with Gasteiger partial charge in [0, 0.05) is 11.4 Å². The number of nitrogens with two attached hydrogens (primary N) is 1. The van der Waals surface area contributed by atoms with Crippen molar-refractivity contribution in [3.8, 4) is 0 Å². The van der Waals surface area contributed by atoms with Crippen LogP contribution in [-0.4, -0.2) is 16.9 Å². The standard InChI is InChI=1S/C9H15N3OS/c1-5-4-14-9(11-5)12-8(13)6(2)7(3)10/h4,6-7H,10H2,1-3H3,(H,11,12,13). The van der Waals surface area contributed by atoms with Crippen molar-refractivity contribution in [2.75, 3.05) is 5.32 Å². The van der Waals surface area contributed by atoms with E-state index < -0.39 is 0 Å². The second-order valence-electron chi connectivity index (χ2n) is 3.43. The number of nitrogens with one attached hydrogen (secondary N) is 1. The van der Waals surface area contributed by atoms with Crippen molar-refractivity contribution in [2.24, 2.45) is 11.7 Å². The summed E-state index contributed by atoms with van der Waals surface area (Å²) in [7, 11) is 0. The Morgan fingerprint density at radius 2 is 2.29 bits per heavy atom. The molecule has 0 bridgehead atoms. The highest BCUT2D eigenvalue weighted by atomic mass is 32.1. The fourth-order valence-corrected chi connectivity index (χ4v) is 1.56. The highest BCUT2D eigenvalue weighted by Crippen LogP contribution is 2.15. The smallest absolute Gasteiger partial charge is 0.230 e. The van der Waals surface area contributed by atoms with E-state index in [-0.39, 0.29) is 17.9 Å². The molecule has 0 aliphatic heterocycles. The van der Waals surface area contributed by atoms with Crippen molar-refractivity contribution < 1.29 is 4.79 Å². The molecule has 0 spiro atoms. The van der Waals surface area contributed by atoms with Gasteiger partial charge in [-0.3, -0.25) is 4.79 Å². The zero-order valence-corrected chi connectivity index (χ0v) is 9.39. The van der Waals surface area contributed by atoms with Gasteiger partial charge in [-0.25, -0.2) is 4.98 Å². The quantitative estimate of drug-likeness (QED) is 0.797. The molecular weight excluding hydrogens is 198 g/mol. The van der Waals surface area contributed by atoms with Gasteiger partial charge in [0.1, 0.15) is 0 Å². The van der Waals surface area contributed by atoms with Crippen LogP contribution in [0.25, 0.3) is 0 Å². The van der Waals surface area contributed by atoms with E-state index in [2.05, 4.69) is 10.3 Å². The highest BCUT2D eigenvalue weighted by molar-refractivity contribution is 7.13. The van der Waals surface area contributed by atoms with Crippen LogP contribution in [0.2, 0.25) is 0 Å². The number of anilines is 1. The minimum atomic E-state index is -0.195. The van der Waals surface area contributed by atoms with Gasteiger partial charge in [-0.1, -0.05) is 6.92 Å². The van der Waals surface area contributed by atoms with Crippen molar-refractivity contribution in [1.82, 2.24) is 4.98 Å². The Bertz CT molecular complexity index is 322. The van der Waals surface area contributed by atoms with E-state index in [0.717, 1.165) is 5.69 Å². The predicted molar refractivity (Wildman–Crippen MR) is 58.3 cm³/mol. The Balaban J connectivity index is 2.57. The van der Waals surface area contributed by atoms with Gasteiger partial charge in [0.15, 0.2) is 5.13 Å². The number of amides is 1. The molecule has 1 aromatic rings. The first-order chi connectivity index (χ1) is 6.50. The van der Waals surface area contributed by atoms with Gasteiger partial charge in [-0.15, -0.1) is 11.3 Å². The zero-order valence-electron chi connectivity index (χ0n) is 8.57. The molecule has 2 atom stereocenters. The van der Waals surface area contributed by atoms with Gasteiger partial charge in [-0.05, 0) is 13.8 Å². The number of carbonyl (C=O) groups excluding carboxylic acids is 1. The maximum absolute atomic E-state index is 11.5. The summed E-state index contributed by atoms with van der Waals surface area (Å²) in [6.07, 6.45) is 0. The van der Waals surface area contributed by atoms with E-state index in [1.165, 1.54) is 11.3 Å². The number of nitrogens with zero attached hydrogens (tertiary/aromatic N) is 1. The number of thiazole rings is 1. The first-order valence-corrected chi connectivity index (χ1v) is 5.37. The summed E-state index contributed by atoms with van der Waals surface area (Å²) in [6.45, 7) is 5.51. The third-order valence-corrected chi connectivity index (χ3v) is 2.93. The van der Waals surface area contributed by atoms with Crippen LogP contribution in [0.3, 0.4) is 0 Å². The number of aryl methyl sites for hydroxylation is 1. The average molecular weight is 213 g/mol. The minimum absolute atomic E-state index is 0.0747. The third kappa shape index (κ3) is 2.78. The van der Waals surface area contributed by atoms with Crippen molar-refractivity contribution in [3.63, 3.8) is 0 Å². The molecule has 14 heavy (non-hydrogen) atoms. The van der Waals surface area contributed by atoms with E-state index >= 15 is 0 Å². The van der Waals surface area contributed by atoms with Gasteiger partial charge in [0.05, 0.1) is 11.6 Å². The van der Waals surface area contributed by atoms with E-state index in [1.54, 1.807) is 6.92 Å². The van der Waals surface area contributed by atoms with Crippen LogP contribution in [0.1, 0.15) is 19.5 Å². The molecule has 0 aliphatic carbocycles. The molecule has 4 nitrogen and oxygen atoms in total. The van der Waals surface area contributed by atoms with E-state index in [1.807, 2.05) is 19.2 Å². The maximum Gasteiger partial charge on any atom is 0.230 e. The second-order valence-corrected chi connectivity index (χ2v) is 4.29. The summed E-state index contributed by atoms with van der Waals surface area (Å²) in [5.41, 5.74) is 6.53. The van der Waals surface area contributed by atoms with Crippen molar-refractivity contribution in [1.29, 1.82) is 0 Å².